The van der Waals surface area contributed by atoms with Crippen molar-refractivity contribution in [3.8, 4) is 32.7 Å². The van der Waals surface area contributed by atoms with Gasteiger partial charge < -0.3 is 0 Å². The van der Waals surface area contributed by atoms with Gasteiger partial charge in [-0.15, -0.1) is 11.3 Å². The molecular formula is C22H18S2. The summed E-state index contributed by atoms with van der Waals surface area (Å²) < 4.78 is 0. The molecule has 4 aromatic rings. The van der Waals surface area contributed by atoms with Crippen LogP contribution >= 0.6 is 24.8 Å². The minimum Gasteiger partial charge on any atom is -0.197 e. The summed E-state index contributed by atoms with van der Waals surface area (Å²) in [6.07, 6.45) is 0. The topological polar surface area (TPSA) is 0 Å². The van der Waals surface area contributed by atoms with Crippen molar-refractivity contribution in [1.82, 2.24) is 0 Å². The fourth-order valence-electron chi connectivity index (χ4n) is 2.87. The highest BCUT2D eigenvalue weighted by Gasteiger charge is 2.09. The Hall–Kier alpha value is -2.29. The Kier molecular flexibility index (Phi) is 5.19. The van der Waals surface area contributed by atoms with Crippen LogP contribution < -0.4 is 0 Å². The number of benzene rings is 3. The van der Waals surface area contributed by atoms with Gasteiger partial charge >= 0.3 is 0 Å². The summed E-state index contributed by atoms with van der Waals surface area (Å²) in [5.74, 6) is 0. The highest BCUT2D eigenvalue weighted by atomic mass is 32.1. The second kappa shape index (κ2) is 7.52. The van der Waals surface area contributed by atoms with Crippen LogP contribution in [-0.2, 0) is 0 Å². The molecule has 0 aliphatic heterocycles. The van der Waals surface area contributed by atoms with E-state index in [2.05, 4.69) is 96.4 Å². The summed E-state index contributed by atoms with van der Waals surface area (Å²) in [5, 5.41) is 2.13. The Morgan fingerprint density at radius 1 is 0.500 bits per heavy atom. The van der Waals surface area contributed by atoms with Gasteiger partial charge in [0.15, 0.2) is 0 Å². The lowest BCUT2D eigenvalue weighted by Gasteiger charge is -2.12. The molecule has 24 heavy (non-hydrogen) atoms. The van der Waals surface area contributed by atoms with E-state index in [1.54, 1.807) is 11.3 Å². The monoisotopic (exact) mass is 346 g/mol. The zero-order chi connectivity index (χ0) is 15.5. The summed E-state index contributed by atoms with van der Waals surface area (Å²) >= 11 is 1.78. The van der Waals surface area contributed by atoms with Gasteiger partial charge in [-0.1, -0.05) is 78.9 Å². The fraction of sp³-hybridized carbons (Fsp3) is 0. The maximum absolute atomic E-state index is 2.31. The maximum Gasteiger partial charge on any atom is 0.0342 e. The molecule has 0 N–H and O–H groups in total. The molecule has 0 unspecified atom stereocenters. The van der Waals surface area contributed by atoms with Crippen LogP contribution in [0.2, 0.25) is 0 Å². The molecule has 0 saturated carbocycles. The summed E-state index contributed by atoms with van der Waals surface area (Å²) in [6, 6.07) is 32.3. The highest BCUT2D eigenvalue weighted by Crippen LogP contribution is 2.36. The molecule has 0 amide bonds. The van der Waals surface area contributed by atoms with E-state index in [1.807, 2.05) is 0 Å². The molecular weight excluding hydrogens is 328 g/mol. The van der Waals surface area contributed by atoms with E-state index in [9.17, 15) is 0 Å². The molecule has 0 fully saturated rings. The van der Waals surface area contributed by atoms with Gasteiger partial charge in [-0.25, -0.2) is 0 Å². The van der Waals surface area contributed by atoms with E-state index in [0.29, 0.717) is 0 Å². The van der Waals surface area contributed by atoms with Gasteiger partial charge in [0.05, 0.1) is 0 Å². The molecule has 0 spiro atoms. The summed E-state index contributed by atoms with van der Waals surface area (Å²) in [6.45, 7) is 0. The van der Waals surface area contributed by atoms with Crippen molar-refractivity contribution in [3.05, 3.63) is 96.4 Å². The number of hydrogen-bond acceptors (Lipinski definition) is 1. The van der Waals surface area contributed by atoms with Gasteiger partial charge in [-0.3, -0.25) is 0 Å². The first-order valence-corrected chi connectivity index (χ1v) is 8.58. The van der Waals surface area contributed by atoms with Crippen molar-refractivity contribution >= 4 is 24.8 Å². The molecule has 0 aliphatic carbocycles. The SMILES string of the molecule is S.c1ccc(-c2ccc(-c3cccs3)cc2-c2ccccc2)cc1. The first-order chi connectivity index (χ1) is 11.4. The predicted molar refractivity (Wildman–Crippen MR) is 111 cm³/mol. The normalized spacial score (nSPS) is 10.2. The summed E-state index contributed by atoms with van der Waals surface area (Å²) in [5.41, 5.74) is 6.34. The molecule has 1 heterocycles. The largest absolute Gasteiger partial charge is 0.197 e. The minimum atomic E-state index is 0. The van der Waals surface area contributed by atoms with Crippen LogP contribution in [0.5, 0.6) is 0 Å². The summed E-state index contributed by atoms with van der Waals surface area (Å²) in [4.78, 5) is 1.31. The van der Waals surface area contributed by atoms with Gasteiger partial charge in [-0.05, 0) is 45.3 Å². The Balaban J connectivity index is 0.00000169. The average Bonchev–Trinajstić information content (AvgIpc) is 3.17. The third-order valence-electron chi connectivity index (χ3n) is 3.99. The van der Waals surface area contributed by atoms with Crippen molar-refractivity contribution in [2.75, 3.05) is 0 Å². The highest BCUT2D eigenvalue weighted by molar-refractivity contribution is 7.59. The van der Waals surface area contributed by atoms with Crippen LogP contribution in [0.4, 0.5) is 0 Å². The van der Waals surface area contributed by atoms with Gasteiger partial charge in [0, 0.05) is 4.88 Å². The fourth-order valence-corrected chi connectivity index (χ4v) is 3.59. The van der Waals surface area contributed by atoms with Crippen molar-refractivity contribution in [2.24, 2.45) is 0 Å². The van der Waals surface area contributed by atoms with Crippen LogP contribution in [0.1, 0.15) is 0 Å². The van der Waals surface area contributed by atoms with Gasteiger partial charge in [-0.2, -0.15) is 13.5 Å². The predicted octanol–water partition coefficient (Wildman–Crippen LogP) is 6.86. The Morgan fingerprint density at radius 2 is 1.12 bits per heavy atom. The zero-order valence-corrected chi connectivity index (χ0v) is 15.0. The smallest absolute Gasteiger partial charge is 0.0342 e. The second-order valence-electron chi connectivity index (χ2n) is 5.47. The van der Waals surface area contributed by atoms with Gasteiger partial charge in [0.25, 0.3) is 0 Å². The molecule has 0 radical (unpaired) electrons. The molecule has 0 bridgehead atoms. The Morgan fingerprint density at radius 3 is 1.71 bits per heavy atom. The van der Waals surface area contributed by atoms with Gasteiger partial charge in [0.2, 0.25) is 0 Å². The molecule has 0 atom stereocenters. The van der Waals surface area contributed by atoms with Crippen LogP contribution in [0.3, 0.4) is 0 Å². The quantitative estimate of drug-likeness (QED) is 0.380. The van der Waals surface area contributed by atoms with Crippen molar-refractivity contribution in [2.45, 2.75) is 0 Å². The molecule has 2 heteroatoms. The Labute approximate surface area is 153 Å². The molecule has 3 aromatic carbocycles. The maximum atomic E-state index is 2.31. The van der Waals surface area contributed by atoms with Crippen molar-refractivity contribution < 1.29 is 0 Å². The molecule has 4 rings (SSSR count). The van der Waals surface area contributed by atoms with Crippen molar-refractivity contribution in [3.63, 3.8) is 0 Å². The molecule has 0 saturated heterocycles. The number of rotatable bonds is 3. The summed E-state index contributed by atoms with van der Waals surface area (Å²) in [7, 11) is 0. The molecule has 0 aliphatic rings. The first kappa shape index (κ1) is 16.6. The molecule has 1 aromatic heterocycles. The minimum absolute atomic E-state index is 0. The Bertz CT molecular complexity index is 895. The van der Waals surface area contributed by atoms with E-state index < -0.39 is 0 Å². The number of hydrogen-bond donors (Lipinski definition) is 0. The standard InChI is InChI=1S/C22H16S.H2S/c1-3-8-17(9-4-1)20-14-13-19(22-12-7-15-23-22)16-21(20)18-10-5-2-6-11-18;/h1-16H;1H2. The van der Waals surface area contributed by atoms with E-state index in [0.717, 1.165) is 0 Å². The van der Waals surface area contributed by atoms with Crippen LogP contribution in [0.25, 0.3) is 32.7 Å². The van der Waals surface area contributed by atoms with E-state index in [4.69, 9.17) is 0 Å². The van der Waals surface area contributed by atoms with E-state index >= 15 is 0 Å². The van der Waals surface area contributed by atoms with E-state index in [1.165, 1.54) is 32.7 Å². The van der Waals surface area contributed by atoms with Crippen LogP contribution in [0, 0.1) is 0 Å². The lowest BCUT2D eigenvalue weighted by molar-refractivity contribution is 1.58. The lowest BCUT2D eigenvalue weighted by Crippen LogP contribution is -1.86. The zero-order valence-electron chi connectivity index (χ0n) is 13.1. The van der Waals surface area contributed by atoms with Gasteiger partial charge in [0.1, 0.15) is 0 Å². The van der Waals surface area contributed by atoms with Crippen molar-refractivity contribution in [1.29, 1.82) is 0 Å². The van der Waals surface area contributed by atoms with E-state index in [-0.39, 0.29) is 13.5 Å². The van der Waals surface area contributed by atoms with Crippen LogP contribution in [-0.4, -0.2) is 0 Å². The molecule has 0 nitrogen and oxygen atoms in total. The molecule has 118 valence electrons. The first-order valence-electron chi connectivity index (χ1n) is 7.70. The van der Waals surface area contributed by atoms with Crippen LogP contribution in [0.15, 0.2) is 96.4 Å². The number of thiophene rings is 1. The lowest BCUT2D eigenvalue weighted by atomic mass is 9.92. The average molecular weight is 347 g/mol. The third-order valence-corrected chi connectivity index (χ3v) is 4.91. The third kappa shape index (κ3) is 3.30. The second-order valence-corrected chi connectivity index (χ2v) is 6.42.